The van der Waals surface area contributed by atoms with Crippen molar-refractivity contribution < 1.29 is 4.79 Å². The number of fused-ring (bicyclic) bond motifs is 1. The molecular weight excluding hydrogens is 334 g/mol. The molecule has 1 aliphatic rings. The summed E-state index contributed by atoms with van der Waals surface area (Å²) in [7, 11) is 0. The molecule has 1 N–H and O–H groups in total. The van der Waals surface area contributed by atoms with Gasteiger partial charge in [-0.3, -0.25) is 4.79 Å². The lowest BCUT2D eigenvalue weighted by molar-refractivity contribution is -0.126. The molecule has 3 aromatic rings. The number of carbonyl (C=O) groups excluding carboxylic acids is 1. The molecule has 27 heavy (non-hydrogen) atoms. The molecule has 2 heterocycles. The summed E-state index contributed by atoms with van der Waals surface area (Å²) in [6.45, 7) is 5.14. The van der Waals surface area contributed by atoms with Crippen LogP contribution in [0.5, 0.6) is 0 Å². The van der Waals surface area contributed by atoms with Crippen LogP contribution < -0.4 is 0 Å². The molecule has 138 valence electrons. The van der Waals surface area contributed by atoms with E-state index in [-0.39, 0.29) is 11.9 Å². The van der Waals surface area contributed by atoms with Crippen LogP contribution in [0, 0.1) is 0 Å². The van der Waals surface area contributed by atoms with Crippen molar-refractivity contribution >= 4 is 23.0 Å². The standard InChI is InChI=1S/C23H25N3O/c1-16(2)18-12-9-17(10-13-18)11-14-22(27)26-15-5-8-21(26)23-24-19-6-3-4-7-20(19)25-23/h3-4,6-7,9-14,16,21H,5,8,15H2,1-2H3,(H,24,25)/b14-11+/t21-/m1/s1. The van der Waals surface area contributed by atoms with Gasteiger partial charge in [-0.1, -0.05) is 50.2 Å². The highest BCUT2D eigenvalue weighted by molar-refractivity contribution is 5.92. The number of hydrogen-bond donors (Lipinski definition) is 1. The van der Waals surface area contributed by atoms with Gasteiger partial charge in [0.2, 0.25) is 5.91 Å². The van der Waals surface area contributed by atoms with E-state index in [1.54, 1.807) is 6.08 Å². The number of amides is 1. The number of aromatic nitrogens is 2. The maximum absolute atomic E-state index is 12.8. The van der Waals surface area contributed by atoms with Gasteiger partial charge in [-0.15, -0.1) is 0 Å². The predicted octanol–water partition coefficient (Wildman–Crippen LogP) is 5.06. The van der Waals surface area contributed by atoms with Gasteiger partial charge >= 0.3 is 0 Å². The molecule has 1 fully saturated rings. The Labute approximate surface area is 159 Å². The highest BCUT2D eigenvalue weighted by atomic mass is 16.2. The first-order valence-electron chi connectivity index (χ1n) is 9.65. The lowest BCUT2D eigenvalue weighted by Gasteiger charge is -2.21. The van der Waals surface area contributed by atoms with E-state index in [0.29, 0.717) is 5.92 Å². The van der Waals surface area contributed by atoms with Gasteiger partial charge in [0.1, 0.15) is 5.82 Å². The first kappa shape index (κ1) is 17.5. The lowest BCUT2D eigenvalue weighted by Crippen LogP contribution is -2.29. The van der Waals surface area contributed by atoms with E-state index in [9.17, 15) is 4.79 Å². The summed E-state index contributed by atoms with van der Waals surface area (Å²) in [6.07, 6.45) is 5.54. The van der Waals surface area contributed by atoms with Crippen molar-refractivity contribution in [1.82, 2.24) is 14.9 Å². The van der Waals surface area contributed by atoms with Crippen molar-refractivity contribution in [2.45, 2.75) is 38.6 Å². The van der Waals surface area contributed by atoms with Crippen molar-refractivity contribution in [3.05, 3.63) is 71.6 Å². The van der Waals surface area contributed by atoms with Crippen LogP contribution in [0.25, 0.3) is 17.1 Å². The van der Waals surface area contributed by atoms with Crippen LogP contribution in [0.3, 0.4) is 0 Å². The molecule has 4 rings (SSSR count). The van der Waals surface area contributed by atoms with Crippen LogP contribution in [0.2, 0.25) is 0 Å². The van der Waals surface area contributed by atoms with Crippen LogP contribution in [0.15, 0.2) is 54.6 Å². The molecule has 4 heteroatoms. The van der Waals surface area contributed by atoms with Gasteiger partial charge < -0.3 is 9.88 Å². The molecule has 4 nitrogen and oxygen atoms in total. The fraction of sp³-hybridized carbons (Fsp3) is 0.304. The van der Waals surface area contributed by atoms with Gasteiger partial charge in [-0.05, 0) is 48.1 Å². The van der Waals surface area contributed by atoms with Gasteiger partial charge in [0, 0.05) is 12.6 Å². The number of para-hydroxylation sites is 2. The van der Waals surface area contributed by atoms with E-state index < -0.39 is 0 Å². The van der Waals surface area contributed by atoms with Crippen molar-refractivity contribution in [2.75, 3.05) is 6.54 Å². The predicted molar refractivity (Wildman–Crippen MR) is 109 cm³/mol. The van der Waals surface area contributed by atoms with Crippen LogP contribution in [0.4, 0.5) is 0 Å². The third-order valence-corrected chi connectivity index (χ3v) is 5.28. The van der Waals surface area contributed by atoms with Gasteiger partial charge in [-0.2, -0.15) is 0 Å². The fourth-order valence-corrected chi connectivity index (χ4v) is 3.70. The third-order valence-electron chi connectivity index (χ3n) is 5.28. The molecule has 1 atom stereocenters. The zero-order valence-corrected chi connectivity index (χ0v) is 15.9. The molecule has 2 aromatic carbocycles. The molecule has 0 spiro atoms. The van der Waals surface area contributed by atoms with E-state index in [2.05, 4.69) is 43.1 Å². The van der Waals surface area contributed by atoms with Crippen molar-refractivity contribution in [3.8, 4) is 0 Å². The third kappa shape index (κ3) is 3.65. The molecule has 1 amide bonds. The van der Waals surface area contributed by atoms with Crippen LogP contribution in [-0.2, 0) is 4.79 Å². The maximum atomic E-state index is 12.8. The Morgan fingerprint density at radius 3 is 2.70 bits per heavy atom. The highest BCUT2D eigenvalue weighted by Crippen LogP contribution is 2.31. The van der Waals surface area contributed by atoms with Crippen LogP contribution in [-0.4, -0.2) is 27.3 Å². The summed E-state index contributed by atoms with van der Waals surface area (Å²) in [5.74, 6) is 1.45. The smallest absolute Gasteiger partial charge is 0.247 e. The second-order valence-corrected chi connectivity index (χ2v) is 7.48. The van der Waals surface area contributed by atoms with E-state index in [1.807, 2.05) is 35.2 Å². The lowest BCUT2D eigenvalue weighted by atomic mass is 10.0. The van der Waals surface area contributed by atoms with Crippen LogP contribution in [0.1, 0.15) is 55.6 Å². The summed E-state index contributed by atoms with van der Waals surface area (Å²) in [4.78, 5) is 22.8. The summed E-state index contributed by atoms with van der Waals surface area (Å²) < 4.78 is 0. The number of benzene rings is 2. The number of H-pyrrole nitrogens is 1. The number of carbonyl (C=O) groups is 1. The average molecular weight is 359 g/mol. The minimum atomic E-state index is 0.0258. The van der Waals surface area contributed by atoms with Gasteiger partial charge in [0.25, 0.3) is 0 Å². The quantitative estimate of drug-likeness (QED) is 0.662. The molecule has 1 saturated heterocycles. The Bertz CT molecular complexity index is 936. The number of likely N-dealkylation sites (tertiary alicyclic amines) is 1. The second-order valence-electron chi connectivity index (χ2n) is 7.48. The van der Waals surface area contributed by atoms with Crippen molar-refractivity contribution in [1.29, 1.82) is 0 Å². The monoisotopic (exact) mass is 359 g/mol. The van der Waals surface area contributed by atoms with Gasteiger partial charge in [0.05, 0.1) is 17.1 Å². The second kappa shape index (κ2) is 7.39. The summed E-state index contributed by atoms with van der Waals surface area (Å²) in [6, 6.07) is 16.4. The Hall–Kier alpha value is -2.88. The first-order valence-corrected chi connectivity index (χ1v) is 9.65. The van der Waals surface area contributed by atoms with Crippen molar-refractivity contribution in [3.63, 3.8) is 0 Å². The van der Waals surface area contributed by atoms with E-state index in [4.69, 9.17) is 4.98 Å². The van der Waals surface area contributed by atoms with E-state index in [0.717, 1.165) is 41.8 Å². The number of hydrogen-bond acceptors (Lipinski definition) is 2. The Morgan fingerprint density at radius 2 is 1.96 bits per heavy atom. The summed E-state index contributed by atoms with van der Waals surface area (Å²) in [5.41, 5.74) is 4.33. The maximum Gasteiger partial charge on any atom is 0.247 e. The SMILES string of the molecule is CC(C)c1ccc(/C=C/C(=O)N2CCC[C@@H]2c2nc3ccccc3[nH]2)cc1. The minimum Gasteiger partial charge on any atom is -0.340 e. The molecule has 0 radical (unpaired) electrons. The first-order chi connectivity index (χ1) is 13.1. The summed E-state index contributed by atoms with van der Waals surface area (Å²) in [5, 5.41) is 0. The highest BCUT2D eigenvalue weighted by Gasteiger charge is 2.31. The zero-order valence-electron chi connectivity index (χ0n) is 15.9. The molecule has 0 saturated carbocycles. The number of aromatic amines is 1. The molecule has 0 aliphatic carbocycles. The van der Waals surface area contributed by atoms with Gasteiger partial charge in [-0.25, -0.2) is 4.98 Å². The Balaban J connectivity index is 1.50. The molecular formula is C23H25N3O. The van der Waals surface area contributed by atoms with E-state index in [1.165, 1.54) is 5.56 Å². The fourth-order valence-electron chi connectivity index (χ4n) is 3.70. The topological polar surface area (TPSA) is 49.0 Å². The normalized spacial score (nSPS) is 17.4. The zero-order chi connectivity index (χ0) is 18.8. The molecule has 1 aliphatic heterocycles. The largest absolute Gasteiger partial charge is 0.340 e. The molecule has 1 aromatic heterocycles. The molecule has 0 bridgehead atoms. The average Bonchev–Trinajstić information content (AvgIpc) is 3.32. The number of nitrogens with one attached hydrogen (secondary N) is 1. The van der Waals surface area contributed by atoms with Gasteiger partial charge in [0.15, 0.2) is 0 Å². The van der Waals surface area contributed by atoms with E-state index >= 15 is 0 Å². The minimum absolute atomic E-state index is 0.0258. The summed E-state index contributed by atoms with van der Waals surface area (Å²) >= 11 is 0. The number of nitrogens with zero attached hydrogens (tertiary/aromatic N) is 2. The Kier molecular flexibility index (Phi) is 4.80. The number of imidazole rings is 1. The van der Waals surface area contributed by atoms with Crippen molar-refractivity contribution in [2.24, 2.45) is 0 Å². The van der Waals surface area contributed by atoms with Crippen LogP contribution >= 0.6 is 0 Å². The number of rotatable bonds is 4. The Morgan fingerprint density at radius 1 is 1.19 bits per heavy atom. The molecule has 0 unspecified atom stereocenters.